The summed E-state index contributed by atoms with van der Waals surface area (Å²) >= 11 is 9.36. The molecule has 0 aliphatic carbocycles. The van der Waals surface area contributed by atoms with Crippen molar-refractivity contribution in [3.05, 3.63) is 45.5 Å². The van der Waals surface area contributed by atoms with Gasteiger partial charge in [0, 0.05) is 22.4 Å². The highest BCUT2D eigenvalue weighted by Crippen LogP contribution is 2.31. The van der Waals surface area contributed by atoms with Crippen molar-refractivity contribution in [2.24, 2.45) is 0 Å². The molecule has 0 fully saturated rings. The second-order valence-electron chi connectivity index (χ2n) is 3.56. The predicted molar refractivity (Wildman–Crippen MR) is 72.6 cm³/mol. The zero-order chi connectivity index (χ0) is 12.4. The summed E-state index contributed by atoms with van der Waals surface area (Å²) in [5, 5.41) is 0.514. The van der Waals surface area contributed by atoms with E-state index in [-0.39, 0.29) is 0 Å². The number of benzene rings is 1. The van der Waals surface area contributed by atoms with Crippen LogP contribution in [0.1, 0.15) is 5.56 Å². The summed E-state index contributed by atoms with van der Waals surface area (Å²) in [5.74, 6) is 0.975. The molecule has 0 aliphatic heterocycles. The number of anilines is 1. The molecule has 0 saturated heterocycles. The molecule has 0 saturated carbocycles. The third-order valence-corrected chi connectivity index (χ3v) is 3.02. The molecule has 2 N–H and O–H groups in total. The van der Waals surface area contributed by atoms with Gasteiger partial charge in [0.15, 0.2) is 0 Å². The maximum Gasteiger partial charge on any atom is 0.221 e. The van der Waals surface area contributed by atoms with E-state index in [2.05, 4.69) is 20.9 Å². The smallest absolute Gasteiger partial charge is 0.221 e. The van der Waals surface area contributed by atoms with Crippen molar-refractivity contribution in [3.8, 4) is 11.6 Å². The highest BCUT2D eigenvalue weighted by Gasteiger charge is 2.05. The second-order valence-corrected chi connectivity index (χ2v) is 4.88. The van der Waals surface area contributed by atoms with Crippen LogP contribution in [0, 0.1) is 6.92 Å². The summed E-state index contributed by atoms with van der Waals surface area (Å²) in [4.78, 5) is 4.13. The van der Waals surface area contributed by atoms with Crippen molar-refractivity contribution in [2.75, 3.05) is 5.73 Å². The van der Waals surface area contributed by atoms with E-state index in [4.69, 9.17) is 22.1 Å². The Labute approximate surface area is 113 Å². The molecular weight excluding hydrogens is 304 g/mol. The van der Waals surface area contributed by atoms with Crippen LogP contribution >= 0.6 is 27.5 Å². The molecule has 0 aliphatic rings. The number of hydrogen-bond acceptors (Lipinski definition) is 3. The Balaban J connectivity index is 2.28. The van der Waals surface area contributed by atoms with Crippen LogP contribution in [-0.2, 0) is 0 Å². The van der Waals surface area contributed by atoms with Gasteiger partial charge in [-0.1, -0.05) is 27.5 Å². The summed E-state index contributed by atoms with van der Waals surface area (Å²) in [6.45, 7) is 1.89. The van der Waals surface area contributed by atoms with E-state index >= 15 is 0 Å². The van der Waals surface area contributed by atoms with Crippen molar-refractivity contribution in [1.82, 2.24) is 4.98 Å². The summed E-state index contributed by atoms with van der Waals surface area (Å²) in [6, 6.07) is 7.05. The minimum absolute atomic E-state index is 0.428. The van der Waals surface area contributed by atoms with Crippen LogP contribution in [0.25, 0.3) is 0 Å². The van der Waals surface area contributed by atoms with E-state index < -0.39 is 0 Å². The summed E-state index contributed by atoms with van der Waals surface area (Å²) < 4.78 is 6.45. The first kappa shape index (κ1) is 12.2. The number of hydrogen-bond donors (Lipinski definition) is 1. The molecule has 0 unspecified atom stereocenters. The third-order valence-electron chi connectivity index (χ3n) is 2.23. The topological polar surface area (TPSA) is 48.1 Å². The largest absolute Gasteiger partial charge is 0.437 e. The van der Waals surface area contributed by atoms with Gasteiger partial charge in [0.25, 0.3) is 0 Å². The van der Waals surface area contributed by atoms with Gasteiger partial charge in [-0.3, -0.25) is 0 Å². The van der Waals surface area contributed by atoms with Crippen LogP contribution in [-0.4, -0.2) is 4.98 Å². The maximum atomic E-state index is 6.04. The number of aryl methyl sites for hydroxylation is 1. The van der Waals surface area contributed by atoms with Crippen molar-refractivity contribution in [2.45, 2.75) is 6.92 Å². The molecule has 1 aromatic carbocycles. The summed E-state index contributed by atoms with van der Waals surface area (Å²) in [5.41, 5.74) is 7.33. The third kappa shape index (κ3) is 2.90. The number of nitrogens with zero attached hydrogens (tertiary/aromatic N) is 1. The van der Waals surface area contributed by atoms with E-state index in [0.717, 1.165) is 10.0 Å². The molecule has 0 spiro atoms. The highest BCUT2D eigenvalue weighted by molar-refractivity contribution is 9.10. The Morgan fingerprint density at radius 1 is 1.35 bits per heavy atom. The molecular formula is C12H10BrClN2O. The van der Waals surface area contributed by atoms with Crippen molar-refractivity contribution in [1.29, 1.82) is 0 Å². The van der Waals surface area contributed by atoms with Gasteiger partial charge in [0.2, 0.25) is 5.88 Å². The molecule has 0 bridgehead atoms. The van der Waals surface area contributed by atoms with Gasteiger partial charge >= 0.3 is 0 Å². The quantitative estimate of drug-likeness (QED) is 0.904. The van der Waals surface area contributed by atoms with Crippen LogP contribution in [0.5, 0.6) is 11.6 Å². The number of aromatic nitrogens is 1. The molecule has 0 radical (unpaired) electrons. The minimum atomic E-state index is 0.428. The number of nitrogens with two attached hydrogens (primary N) is 1. The van der Waals surface area contributed by atoms with Crippen molar-refractivity contribution >= 4 is 33.2 Å². The number of ether oxygens (including phenoxy) is 1. The Morgan fingerprint density at radius 2 is 2.12 bits per heavy atom. The molecule has 2 aromatic rings. The lowest BCUT2D eigenvalue weighted by atomic mass is 10.3. The number of nitrogen functional groups attached to an aromatic ring is 1. The second kappa shape index (κ2) is 4.94. The zero-order valence-corrected chi connectivity index (χ0v) is 11.4. The van der Waals surface area contributed by atoms with Gasteiger partial charge in [0.05, 0.1) is 5.02 Å². The standard InChI is InChI=1S/C12H10BrClN2O/c1-7-6-16-12(5-10(7)15)17-11-3-2-8(13)4-9(11)14/h2-6H,1H3,(H2,15,16). The molecule has 5 heteroatoms. The van der Waals surface area contributed by atoms with Crippen LogP contribution in [0.4, 0.5) is 5.69 Å². The lowest BCUT2D eigenvalue weighted by Gasteiger charge is -2.08. The Kier molecular flexibility index (Phi) is 3.54. The maximum absolute atomic E-state index is 6.04. The van der Waals surface area contributed by atoms with Crippen molar-refractivity contribution in [3.63, 3.8) is 0 Å². The van der Waals surface area contributed by atoms with E-state index in [1.54, 1.807) is 24.4 Å². The first-order valence-corrected chi connectivity index (χ1v) is 6.08. The first-order chi connectivity index (χ1) is 8.06. The predicted octanol–water partition coefficient (Wildman–Crippen LogP) is 4.18. The Morgan fingerprint density at radius 3 is 2.76 bits per heavy atom. The molecule has 0 atom stereocenters. The summed E-state index contributed by atoms with van der Waals surface area (Å²) in [6.07, 6.45) is 1.66. The fourth-order valence-corrected chi connectivity index (χ4v) is 1.96. The van der Waals surface area contributed by atoms with Crippen LogP contribution in [0.3, 0.4) is 0 Å². The van der Waals surface area contributed by atoms with Crippen LogP contribution < -0.4 is 10.5 Å². The monoisotopic (exact) mass is 312 g/mol. The average molecular weight is 314 g/mol. The van der Waals surface area contributed by atoms with Gasteiger partial charge in [-0.15, -0.1) is 0 Å². The number of halogens is 2. The lowest BCUT2D eigenvalue weighted by Crippen LogP contribution is -1.94. The van der Waals surface area contributed by atoms with Gasteiger partial charge in [-0.25, -0.2) is 4.98 Å². The first-order valence-electron chi connectivity index (χ1n) is 4.91. The number of pyridine rings is 1. The van der Waals surface area contributed by atoms with Gasteiger partial charge in [-0.05, 0) is 30.7 Å². The van der Waals surface area contributed by atoms with E-state index in [1.807, 2.05) is 13.0 Å². The lowest BCUT2D eigenvalue weighted by molar-refractivity contribution is 0.463. The number of rotatable bonds is 2. The Bertz CT molecular complexity index is 560. The summed E-state index contributed by atoms with van der Waals surface area (Å²) in [7, 11) is 0. The Hall–Kier alpha value is -1.26. The highest BCUT2D eigenvalue weighted by atomic mass is 79.9. The van der Waals surface area contributed by atoms with Crippen LogP contribution in [0.2, 0.25) is 5.02 Å². The van der Waals surface area contributed by atoms with E-state index in [1.165, 1.54) is 0 Å². The molecule has 2 rings (SSSR count). The molecule has 1 heterocycles. The normalized spacial score (nSPS) is 10.3. The van der Waals surface area contributed by atoms with Gasteiger partial charge < -0.3 is 10.5 Å². The van der Waals surface area contributed by atoms with Crippen LogP contribution in [0.15, 0.2) is 34.9 Å². The molecule has 0 amide bonds. The van der Waals surface area contributed by atoms with Crippen molar-refractivity contribution < 1.29 is 4.74 Å². The molecule has 1 aromatic heterocycles. The molecule has 3 nitrogen and oxygen atoms in total. The van der Waals surface area contributed by atoms with Gasteiger partial charge in [0.1, 0.15) is 5.75 Å². The molecule has 88 valence electrons. The van der Waals surface area contributed by atoms with E-state index in [9.17, 15) is 0 Å². The fraction of sp³-hybridized carbons (Fsp3) is 0.0833. The molecule has 17 heavy (non-hydrogen) atoms. The SMILES string of the molecule is Cc1cnc(Oc2ccc(Br)cc2Cl)cc1N. The zero-order valence-electron chi connectivity index (χ0n) is 9.08. The average Bonchev–Trinajstić information content (AvgIpc) is 2.27. The minimum Gasteiger partial charge on any atom is -0.437 e. The van der Waals surface area contributed by atoms with E-state index in [0.29, 0.717) is 22.3 Å². The fourth-order valence-electron chi connectivity index (χ4n) is 1.25. The van der Waals surface area contributed by atoms with Gasteiger partial charge in [-0.2, -0.15) is 0 Å².